The Morgan fingerprint density at radius 3 is 3.07 bits per heavy atom. The molecule has 0 fully saturated rings. The quantitative estimate of drug-likeness (QED) is 0.803. The molecule has 2 aromatic heterocycles. The second-order valence-corrected chi connectivity index (χ2v) is 3.40. The lowest BCUT2D eigenvalue weighted by atomic mass is 10.3. The number of fused-ring (bicyclic) bond motifs is 1. The van der Waals surface area contributed by atoms with Crippen LogP contribution in [0.4, 0.5) is 0 Å². The molecule has 0 spiro atoms. The van der Waals surface area contributed by atoms with Gasteiger partial charge >= 0.3 is 0 Å². The third-order valence-corrected chi connectivity index (χ3v) is 2.13. The van der Waals surface area contributed by atoms with E-state index in [1.165, 1.54) is 0 Å². The van der Waals surface area contributed by atoms with Gasteiger partial charge in [0, 0.05) is 12.4 Å². The molecule has 0 radical (unpaired) electrons. The van der Waals surface area contributed by atoms with E-state index in [0.29, 0.717) is 5.02 Å². The van der Waals surface area contributed by atoms with Crippen molar-refractivity contribution in [2.45, 2.75) is 6.42 Å². The Labute approximate surface area is 85.3 Å². The molecule has 2 rings (SSSR count). The van der Waals surface area contributed by atoms with Crippen molar-refractivity contribution >= 4 is 23.2 Å². The van der Waals surface area contributed by atoms with Crippen molar-refractivity contribution in [3.8, 4) is 0 Å². The minimum Gasteiger partial charge on any atom is -0.369 e. The van der Waals surface area contributed by atoms with Crippen LogP contribution in [0.2, 0.25) is 5.02 Å². The first-order valence-electron chi connectivity index (χ1n) is 4.06. The highest BCUT2D eigenvalue weighted by Gasteiger charge is 2.05. The molecule has 0 bridgehead atoms. The number of primary amides is 1. The standard InChI is InChI=1S/C9H8ClN3O/c10-6-1-2-9-12-4-7(3-8(11)14)13(9)5-6/h1-2,4-5H,3H2,(H2,11,14). The van der Waals surface area contributed by atoms with Gasteiger partial charge in [-0.3, -0.25) is 4.79 Å². The number of hydrogen-bond acceptors (Lipinski definition) is 2. The van der Waals surface area contributed by atoms with Crippen LogP contribution >= 0.6 is 11.6 Å². The van der Waals surface area contributed by atoms with Gasteiger partial charge in [-0.05, 0) is 12.1 Å². The van der Waals surface area contributed by atoms with Crippen LogP contribution in [-0.4, -0.2) is 15.3 Å². The monoisotopic (exact) mass is 209 g/mol. The molecule has 72 valence electrons. The molecule has 0 aliphatic carbocycles. The smallest absolute Gasteiger partial charge is 0.223 e. The van der Waals surface area contributed by atoms with E-state index in [1.807, 2.05) is 0 Å². The van der Waals surface area contributed by atoms with E-state index in [2.05, 4.69) is 4.98 Å². The van der Waals surface area contributed by atoms with E-state index >= 15 is 0 Å². The maximum absolute atomic E-state index is 10.7. The molecular weight excluding hydrogens is 202 g/mol. The summed E-state index contributed by atoms with van der Waals surface area (Å²) in [5.41, 5.74) is 6.60. The average Bonchev–Trinajstić information content (AvgIpc) is 2.47. The van der Waals surface area contributed by atoms with Gasteiger partial charge in [0.05, 0.1) is 17.1 Å². The first-order chi connectivity index (χ1) is 6.66. The largest absolute Gasteiger partial charge is 0.369 e. The second kappa shape index (κ2) is 3.31. The number of hydrogen-bond donors (Lipinski definition) is 1. The zero-order valence-electron chi connectivity index (χ0n) is 7.27. The molecule has 0 aromatic carbocycles. The third kappa shape index (κ3) is 1.56. The lowest BCUT2D eigenvalue weighted by molar-refractivity contribution is -0.117. The van der Waals surface area contributed by atoms with Crippen molar-refractivity contribution in [1.29, 1.82) is 0 Å². The Morgan fingerprint density at radius 1 is 1.57 bits per heavy atom. The molecule has 2 N–H and O–H groups in total. The molecule has 2 heterocycles. The lowest BCUT2D eigenvalue weighted by Crippen LogP contribution is -2.14. The van der Waals surface area contributed by atoms with Crippen molar-refractivity contribution in [1.82, 2.24) is 9.38 Å². The van der Waals surface area contributed by atoms with Crippen LogP contribution in [-0.2, 0) is 11.2 Å². The van der Waals surface area contributed by atoms with Crippen LogP contribution in [0.3, 0.4) is 0 Å². The first kappa shape index (κ1) is 9.02. The van der Waals surface area contributed by atoms with Crippen LogP contribution in [0.25, 0.3) is 5.65 Å². The van der Waals surface area contributed by atoms with E-state index in [1.54, 1.807) is 28.9 Å². The highest BCUT2D eigenvalue weighted by molar-refractivity contribution is 6.30. The average molecular weight is 210 g/mol. The predicted octanol–water partition coefficient (Wildman–Crippen LogP) is 1.02. The summed E-state index contributed by atoms with van der Waals surface area (Å²) in [6.45, 7) is 0. The number of pyridine rings is 1. The van der Waals surface area contributed by atoms with Crippen LogP contribution in [0.5, 0.6) is 0 Å². The van der Waals surface area contributed by atoms with Gasteiger partial charge < -0.3 is 10.1 Å². The van der Waals surface area contributed by atoms with E-state index in [9.17, 15) is 4.79 Å². The minimum atomic E-state index is -0.383. The number of amides is 1. The van der Waals surface area contributed by atoms with Crippen molar-refractivity contribution in [3.63, 3.8) is 0 Å². The summed E-state index contributed by atoms with van der Waals surface area (Å²) in [6.07, 6.45) is 3.50. The maximum atomic E-state index is 10.7. The van der Waals surface area contributed by atoms with Gasteiger partial charge in [-0.2, -0.15) is 0 Å². The van der Waals surface area contributed by atoms with E-state index < -0.39 is 0 Å². The fourth-order valence-corrected chi connectivity index (χ4v) is 1.47. The van der Waals surface area contributed by atoms with Crippen molar-refractivity contribution in [2.75, 3.05) is 0 Å². The third-order valence-electron chi connectivity index (χ3n) is 1.90. The molecule has 0 aliphatic heterocycles. The number of carbonyl (C=O) groups is 1. The summed E-state index contributed by atoms with van der Waals surface area (Å²) >= 11 is 5.82. The van der Waals surface area contributed by atoms with Gasteiger partial charge in [0.25, 0.3) is 0 Å². The molecule has 4 nitrogen and oxygen atoms in total. The molecule has 0 aliphatic rings. The number of aromatic nitrogens is 2. The van der Waals surface area contributed by atoms with Crippen molar-refractivity contribution in [3.05, 3.63) is 35.2 Å². The van der Waals surface area contributed by atoms with Gasteiger partial charge in [0.1, 0.15) is 5.65 Å². The number of carbonyl (C=O) groups excluding carboxylic acids is 1. The normalized spacial score (nSPS) is 10.6. The SMILES string of the molecule is NC(=O)Cc1cnc2ccc(Cl)cn12. The van der Waals surface area contributed by atoms with E-state index in [4.69, 9.17) is 17.3 Å². The zero-order chi connectivity index (χ0) is 10.1. The van der Waals surface area contributed by atoms with Gasteiger partial charge in [0.2, 0.25) is 5.91 Å². The Bertz CT molecular complexity index is 492. The molecule has 14 heavy (non-hydrogen) atoms. The van der Waals surface area contributed by atoms with E-state index in [0.717, 1.165) is 11.3 Å². The number of halogens is 1. The van der Waals surface area contributed by atoms with Crippen LogP contribution in [0.15, 0.2) is 24.5 Å². The summed E-state index contributed by atoms with van der Waals surface area (Å²) in [5.74, 6) is -0.383. The Hall–Kier alpha value is -1.55. The molecule has 0 unspecified atom stereocenters. The van der Waals surface area contributed by atoms with Gasteiger partial charge in [-0.15, -0.1) is 0 Å². The van der Waals surface area contributed by atoms with E-state index in [-0.39, 0.29) is 12.3 Å². The molecule has 0 atom stereocenters. The highest BCUT2D eigenvalue weighted by atomic mass is 35.5. The summed E-state index contributed by atoms with van der Waals surface area (Å²) < 4.78 is 1.76. The fourth-order valence-electron chi connectivity index (χ4n) is 1.31. The number of nitrogens with zero attached hydrogens (tertiary/aromatic N) is 2. The van der Waals surface area contributed by atoms with Crippen LogP contribution in [0.1, 0.15) is 5.69 Å². The first-order valence-corrected chi connectivity index (χ1v) is 4.44. The number of rotatable bonds is 2. The second-order valence-electron chi connectivity index (χ2n) is 2.97. The molecule has 0 saturated heterocycles. The topological polar surface area (TPSA) is 60.4 Å². The number of nitrogens with two attached hydrogens (primary N) is 1. The van der Waals surface area contributed by atoms with Gasteiger partial charge in [0.15, 0.2) is 0 Å². The fraction of sp³-hybridized carbons (Fsp3) is 0.111. The van der Waals surface area contributed by atoms with Gasteiger partial charge in [-0.1, -0.05) is 11.6 Å². The Morgan fingerprint density at radius 2 is 2.36 bits per heavy atom. The Balaban J connectivity index is 2.55. The zero-order valence-corrected chi connectivity index (χ0v) is 8.03. The molecular formula is C9H8ClN3O. The summed E-state index contributed by atoms with van der Waals surface area (Å²) in [5, 5.41) is 0.598. The summed E-state index contributed by atoms with van der Waals surface area (Å²) in [7, 11) is 0. The van der Waals surface area contributed by atoms with Crippen molar-refractivity contribution < 1.29 is 4.79 Å². The van der Waals surface area contributed by atoms with Crippen molar-refractivity contribution in [2.24, 2.45) is 5.73 Å². The molecule has 5 heteroatoms. The van der Waals surface area contributed by atoms with Crippen LogP contribution in [0, 0.1) is 0 Å². The Kier molecular flexibility index (Phi) is 2.13. The van der Waals surface area contributed by atoms with Gasteiger partial charge in [-0.25, -0.2) is 4.98 Å². The summed E-state index contributed by atoms with van der Waals surface area (Å²) in [6, 6.07) is 3.53. The molecule has 0 saturated carbocycles. The molecule has 1 amide bonds. The predicted molar refractivity (Wildman–Crippen MR) is 53.1 cm³/mol. The molecule has 2 aromatic rings. The number of imidazole rings is 1. The van der Waals surface area contributed by atoms with Crippen LogP contribution < -0.4 is 5.73 Å². The maximum Gasteiger partial charge on any atom is 0.223 e. The minimum absolute atomic E-state index is 0.168. The highest BCUT2D eigenvalue weighted by Crippen LogP contribution is 2.12. The summed E-state index contributed by atoms with van der Waals surface area (Å²) in [4.78, 5) is 14.9. The lowest BCUT2D eigenvalue weighted by Gasteiger charge is -1.98.